The third-order valence-electron chi connectivity index (χ3n) is 2.30. The van der Waals surface area contributed by atoms with Crippen LogP contribution in [-0.4, -0.2) is 5.91 Å². The molecule has 17 heavy (non-hydrogen) atoms. The molecule has 1 aromatic rings. The maximum absolute atomic E-state index is 13.2. The zero-order valence-corrected chi connectivity index (χ0v) is 9.50. The van der Waals surface area contributed by atoms with Crippen molar-refractivity contribution in [2.24, 2.45) is 11.8 Å². The van der Waals surface area contributed by atoms with Gasteiger partial charge in [-0.25, -0.2) is 8.78 Å². The highest BCUT2D eigenvalue weighted by Gasteiger charge is 2.23. The summed E-state index contributed by atoms with van der Waals surface area (Å²) in [6.07, 6.45) is 0. The van der Waals surface area contributed by atoms with Crippen LogP contribution in [0, 0.1) is 34.8 Å². The minimum atomic E-state index is -0.936. The molecular weight excluding hydrogens is 226 g/mol. The van der Waals surface area contributed by atoms with E-state index in [2.05, 4.69) is 5.32 Å². The first-order valence-electron chi connectivity index (χ1n) is 5.12. The minimum absolute atomic E-state index is 0.227. The Morgan fingerprint density at radius 1 is 1.35 bits per heavy atom. The molecule has 0 spiro atoms. The van der Waals surface area contributed by atoms with Gasteiger partial charge in [0.1, 0.15) is 23.2 Å². The van der Waals surface area contributed by atoms with E-state index in [0.717, 1.165) is 12.1 Å². The third-order valence-corrected chi connectivity index (χ3v) is 2.30. The van der Waals surface area contributed by atoms with Crippen LogP contribution < -0.4 is 5.32 Å². The maximum atomic E-state index is 13.2. The Morgan fingerprint density at radius 2 is 1.88 bits per heavy atom. The van der Waals surface area contributed by atoms with Crippen LogP contribution in [0.2, 0.25) is 0 Å². The molecule has 1 amide bonds. The van der Waals surface area contributed by atoms with E-state index in [1.807, 2.05) is 0 Å². The fourth-order valence-electron chi connectivity index (χ4n) is 1.33. The van der Waals surface area contributed by atoms with Gasteiger partial charge in [0.05, 0.1) is 6.07 Å². The molecule has 90 valence electrons. The highest BCUT2D eigenvalue weighted by molar-refractivity contribution is 5.94. The molecule has 0 aromatic heterocycles. The van der Waals surface area contributed by atoms with Gasteiger partial charge in [-0.05, 0) is 18.1 Å². The highest BCUT2D eigenvalue weighted by atomic mass is 19.1. The van der Waals surface area contributed by atoms with Crippen LogP contribution in [0.1, 0.15) is 13.8 Å². The number of benzene rings is 1. The smallest absolute Gasteiger partial charge is 0.242 e. The van der Waals surface area contributed by atoms with E-state index in [1.165, 1.54) is 6.07 Å². The molecule has 1 atom stereocenters. The fourth-order valence-corrected chi connectivity index (χ4v) is 1.33. The Morgan fingerprint density at radius 3 is 2.29 bits per heavy atom. The second-order valence-electron chi connectivity index (χ2n) is 3.94. The molecule has 0 aliphatic carbocycles. The summed E-state index contributed by atoms with van der Waals surface area (Å²) in [5.74, 6) is -3.59. The van der Waals surface area contributed by atoms with Crippen molar-refractivity contribution in [1.29, 1.82) is 5.26 Å². The Labute approximate surface area is 98.1 Å². The lowest BCUT2D eigenvalue weighted by atomic mass is 9.96. The van der Waals surface area contributed by atoms with Crippen molar-refractivity contribution < 1.29 is 13.6 Å². The van der Waals surface area contributed by atoms with E-state index in [0.29, 0.717) is 0 Å². The van der Waals surface area contributed by atoms with E-state index in [1.54, 1.807) is 19.9 Å². The number of carbonyl (C=O) groups is 1. The molecule has 0 heterocycles. The molecule has 1 unspecified atom stereocenters. The van der Waals surface area contributed by atoms with Crippen LogP contribution in [-0.2, 0) is 4.79 Å². The van der Waals surface area contributed by atoms with Crippen molar-refractivity contribution in [2.75, 3.05) is 5.32 Å². The minimum Gasteiger partial charge on any atom is -0.320 e. The molecule has 0 saturated carbocycles. The maximum Gasteiger partial charge on any atom is 0.242 e. The predicted octanol–water partition coefficient (Wildman–Crippen LogP) is 2.70. The monoisotopic (exact) mass is 238 g/mol. The SMILES string of the molecule is CC(C)C(C#N)C(=O)Nc1c(F)cccc1F. The van der Waals surface area contributed by atoms with Gasteiger partial charge in [0, 0.05) is 0 Å². The first kappa shape index (κ1) is 13.1. The lowest BCUT2D eigenvalue weighted by Crippen LogP contribution is -2.26. The standard InChI is InChI=1S/C12H12F2N2O/c1-7(2)8(6-15)12(17)16-11-9(13)4-3-5-10(11)14/h3-5,7-8H,1-2H3,(H,16,17). The molecule has 5 heteroatoms. The van der Waals surface area contributed by atoms with Gasteiger partial charge in [0.15, 0.2) is 0 Å². The molecule has 0 bridgehead atoms. The number of carbonyl (C=O) groups excluding carboxylic acids is 1. The number of amides is 1. The average molecular weight is 238 g/mol. The van der Waals surface area contributed by atoms with Crippen LogP contribution in [0.15, 0.2) is 18.2 Å². The van der Waals surface area contributed by atoms with Crippen molar-refractivity contribution in [3.8, 4) is 6.07 Å². The molecule has 3 nitrogen and oxygen atoms in total. The molecule has 0 saturated heterocycles. The first-order chi connectivity index (χ1) is 7.97. The second-order valence-corrected chi connectivity index (χ2v) is 3.94. The predicted molar refractivity (Wildman–Crippen MR) is 58.9 cm³/mol. The Kier molecular flexibility index (Phi) is 4.16. The molecule has 0 fully saturated rings. The molecule has 0 aliphatic rings. The number of nitriles is 1. The molecular formula is C12H12F2N2O. The molecule has 0 radical (unpaired) electrons. The van der Waals surface area contributed by atoms with Crippen molar-refractivity contribution >= 4 is 11.6 Å². The van der Waals surface area contributed by atoms with Crippen LogP contribution in [0.3, 0.4) is 0 Å². The Balaban J connectivity index is 2.92. The van der Waals surface area contributed by atoms with Crippen LogP contribution in [0.25, 0.3) is 0 Å². The van der Waals surface area contributed by atoms with E-state index in [4.69, 9.17) is 5.26 Å². The summed E-state index contributed by atoms with van der Waals surface area (Å²) in [5.41, 5.74) is -0.515. The van der Waals surface area contributed by atoms with Crippen molar-refractivity contribution in [1.82, 2.24) is 0 Å². The number of nitrogens with zero attached hydrogens (tertiary/aromatic N) is 1. The van der Waals surface area contributed by atoms with Crippen LogP contribution in [0.5, 0.6) is 0 Å². The van der Waals surface area contributed by atoms with Crippen LogP contribution >= 0.6 is 0 Å². The zero-order chi connectivity index (χ0) is 13.0. The molecule has 1 aromatic carbocycles. The summed E-state index contributed by atoms with van der Waals surface area (Å²) >= 11 is 0. The van der Waals surface area contributed by atoms with Crippen molar-refractivity contribution in [2.45, 2.75) is 13.8 Å². The van der Waals surface area contributed by atoms with Crippen molar-refractivity contribution in [3.63, 3.8) is 0 Å². The van der Waals surface area contributed by atoms with Gasteiger partial charge in [-0.1, -0.05) is 19.9 Å². The van der Waals surface area contributed by atoms with E-state index >= 15 is 0 Å². The topological polar surface area (TPSA) is 52.9 Å². The lowest BCUT2D eigenvalue weighted by molar-refractivity contribution is -0.119. The first-order valence-corrected chi connectivity index (χ1v) is 5.12. The van der Waals surface area contributed by atoms with Crippen molar-refractivity contribution in [3.05, 3.63) is 29.8 Å². The number of rotatable bonds is 3. The van der Waals surface area contributed by atoms with E-state index in [9.17, 15) is 13.6 Å². The van der Waals surface area contributed by atoms with Gasteiger partial charge in [-0.15, -0.1) is 0 Å². The summed E-state index contributed by atoms with van der Waals surface area (Å²) in [6.45, 7) is 3.37. The summed E-state index contributed by atoms with van der Waals surface area (Å²) in [4.78, 5) is 11.6. The quantitative estimate of drug-likeness (QED) is 0.880. The van der Waals surface area contributed by atoms with E-state index < -0.39 is 29.1 Å². The largest absolute Gasteiger partial charge is 0.320 e. The molecule has 0 aliphatic heterocycles. The third kappa shape index (κ3) is 3.00. The van der Waals surface area contributed by atoms with Gasteiger partial charge in [-0.2, -0.15) is 5.26 Å². The normalized spacial score (nSPS) is 12.0. The average Bonchev–Trinajstić information content (AvgIpc) is 2.24. The Hall–Kier alpha value is -1.96. The highest BCUT2D eigenvalue weighted by Crippen LogP contribution is 2.20. The van der Waals surface area contributed by atoms with E-state index in [-0.39, 0.29) is 5.92 Å². The summed E-state index contributed by atoms with van der Waals surface area (Å²) in [6, 6.07) is 5.08. The number of halogens is 2. The number of anilines is 1. The Bertz CT molecular complexity index is 446. The van der Waals surface area contributed by atoms with Gasteiger partial charge in [0.25, 0.3) is 0 Å². The van der Waals surface area contributed by atoms with Gasteiger partial charge >= 0.3 is 0 Å². The second kappa shape index (κ2) is 5.39. The molecule has 1 N–H and O–H groups in total. The summed E-state index contributed by atoms with van der Waals surface area (Å²) in [5, 5.41) is 10.9. The summed E-state index contributed by atoms with van der Waals surface area (Å²) < 4.78 is 26.5. The fraction of sp³-hybridized carbons (Fsp3) is 0.333. The van der Waals surface area contributed by atoms with Gasteiger partial charge in [-0.3, -0.25) is 4.79 Å². The molecule has 1 rings (SSSR count). The number of hydrogen-bond donors (Lipinski definition) is 1. The zero-order valence-electron chi connectivity index (χ0n) is 9.50. The number of para-hydroxylation sites is 1. The summed E-state index contributed by atoms with van der Waals surface area (Å²) in [7, 11) is 0. The lowest BCUT2D eigenvalue weighted by Gasteiger charge is -2.13. The van der Waals surface area contributed by atoms with Crippen LogP contribution in [0.4, 0.5) is 14.5 Å². The van der Waals surface area contributed by atoms with Gasteiger partial charge in [0.2, 0.25) is 5.91 Å². The number of nitrogens with one attached hydrogen (secondary N) is 1. The number of hydrogen-bond acceptors (Lipinski definition) is 2. The van der Waals surface area contributed by atoms with Gasteiger partial charge < -0.3 is 5.32 Å².